The molecule has 0 N–H and O–H groups in total. The third-order valence-corrected chi connectivity index (χ3v) is 5.64. The number of hydrogen-bond acceptors (Lipinski definition) is 3. The highest BCUT2D eigenvalue weighted by atomic mass is 32.1. The first-order valence-corrected chi connectivity index (χ1v) is 8.73. The number of amides is 1. The maximum absolute atomic E-state index is 13.2. The van der Waals surface area contributed by atoms with Crippen molar-refractivity contribution in [2.45, 2.75) is 18.8 Å². The zero-order valence-electron chi connectivity index (χ0n) is 12.5. The molecule has 1 amide bonds. The first-order chi connectivity index (χ1) is 10.8. The van der Waals surface area contributed by atoms with Gasteiger partial charge in [0.2, 0.25) is 5.91 Å². The summed E-state index contributed by atoms with van der Waals surface area (Å²) in [6.45, 7) is 2.71. The minimum absolute atomic E-state index is 0.141. The molecule has 1 atom stereocenters. The molecule has 1 aromatic heterocycles. The molecule has 114 valence electrons. The van der Waals surface area contributed by atoms with Gasteiger partial charge in [0.15, 0.2) is 0 Å². The molecule has 0 saturated carbocycles. The predicted octanol–water partition coefficient (Wildman–Crippen LogP) is 2.84. The molecule has 2 aliphatic rings. The molecule has 3 nitrogen and oxygen atoms in total. The molecule has 4 rings (SSSR count). The van der Waals surface area contributed by atoms with Crippen LogP contribution in [0.5, 0.6) is 0 Å². The Labute approximate surface area is 134 Å². The summed E-state index contributed by atoms with van der Waals surface area (Å²) >= 11 is 1.78. The predicted molar refractivity (Wildman–Crippen MR) is 87.4 cm³/mol. The molecule has 0 spiro atoms. The van der Waals surface area contributed by atoms with E-state index >= 15 is 0 Å². The Morgan fingerprint density at radius 3 is 2.77 bits per heavy atom. The van der Waals surface area contributed by atoms with Gasteiger partial charge in [0.25, 0.3) is 0 Å². The van der Waals surface area contributed by atoms with Crippen LogP contribution in [-0.2, 0) is 22.4 Å². The summed E-state index contributed by atoms with van der Waals surface area (Å²) in [5.74, 6) is 0.0929. The van der Waals surface area contributed by atoms with Crippen molar-refractivity contribution in [3.8, 4) is 0 Å². The van der Waals surface area contributed by atoms with E-state index in [0.717, 1.165) is 12.8 Å². The molecule has 2 aromatic rings. The van der Waals surface area contributed by atoms with Crippen LogP contribution in [0.3, 0.4) is 0 Å². The van der Waals surface area contributed by atoms with Crippen LogP contribution < -0.4 is 0 Å². The summed E-state index contributed by atoms with van der Waals surface area (Å²) in [5, 5.41) is 2.12. The van der Waals surface area contributed by atoms with Gasteiger partial charge in [0, 0.05) is 18.0 Å². The van der Waals surface area contributed by atoms with Crippen LogP contribution in [0.1, 0.15) is 27.5 Å². The van der Waals surface area contributed by atoms with Crippen LogP contribution in [-0.4, -0.2) is 37.1 Å². The number of fused-ring (bicyclic) bond motifs is 2. The number of ether oxygens (including phenoxy) is 1. The standard InChI is InChI=1S/C18H19NO2S/c20-18(19-8-10-21-11-9-19)17-14-4-2-1-3-13(14)5-6-16-15(17)7-12-22-16/h1-4,7,12,17H,5-6,8-11H2. The van der Waals surface area contributed by atoms with Gasteiger partial charge in [-0.05, 0) is 41.0 Å². The first-order valence-electron chi connectivity index (χ1n) is 7.85. The molecule has 22 heavy (non-hydrogen) atoms. The smallest absolute Gasteiger partial charge is 0.234 e. The van der Waals surface area contributed by atoms with E-state index < -0.39 is 0 Å². The van der Waals surface area contributed by atoms with Crippen LogP contribution in [0.2, 0.25) is 0 Å². The van der Waals surface area contributed by atoms with Crippen LogP contribution in [0.25, 0.3) is 0 Å². The fourth-order valence-corrected chi connectivity index (χ4v) is 4.42. The van der Waals surface area contributed by atoms with Crippen LogP contribution in [0, 0.1) is 0 Å². The number of aryl methyl sites for hydroxylation is 2. The zero-order chi connectivity index (χ0) is 14.9. The van der Waals surface area contributed by atoms with Gasteiger partial charge in [-0.3, -0.25) is 4.79 Å². The van der Waals surface area contributed by atoms with Gasteiger partial charge in [-0.15, -0.1) is 11.3 Å². The number of hydrogen-bond donors (Lipinski definition) is 0. The normalized spacial score (nSPS) is 20.9. The maximum Gasteiger partial charge on any atom is 0.234 e. The van der Waals surface area contributed by atoms with E-state index in [1.54, 1.807) is 11.3 Å². The monoisotopic (exact) mass is 313 g/mol. The minimum Gasteiger partial charge on any atom is -0.378 e. The quantitative estimate of drug-likeness (QED) is 0.810. The summed E-state index contributed by atoms with van der Waals surface area (Å²) in [6.07, 6.45) is 2.06. The van der Waals surface area contributed by atoms with E-state index in [2.05, 4.69) is 35.7 Å². The van der Waals surface area contributed by atoms with E-state index in [0.29, 0.717) is 26.3 Å². The number of morpholine rings is 1. The van der Waals surface area contributed by atoms with E-state index in [9.17, 15) is 4.79 Å². The van der Waals surface area contributed by atoms with Gasteiger partial charge in [0.1, 0.15) is 0 Å². The summed E-state index contributed by atoms with van der Waals surface area (Å²) < 4.78 is 5.39. The fourth-order valence-electron chi connectivity index (χ4n) is 3.50. The summed E-state index contributed by atoms with van der Waals surface area (Å²) in [5.41, 5.74) is 3.72. The average Bonchev–Trinajstić information content (AvgIpc) is 2.97. The second-order valence-electron chi connectivity index (χ2n) is 5.87. The molecule has 2 heterocycles. The molecule has 0 bridgehead atoms. The number of rotatable bonds is 1. The van der Waals surface area contributed by atoms with E-state index in [1.807, 2.05) is 4.90 Å². The molecule has 1 fully saturated rings. The van der Waals surface area contributed by atoms with E-state index in [1.165, 1.54) is 21.6 Å². The largest absolute Gasteiger partial charge is 0.378 e. The highest BCUT2D eigenvalue weighted by Gasteiger charge is 2.33. The van der Waals surface area contributed by atoms with Crippen molar-refractivity contribution in [3.05, 3.63) is 57.3 Å². The molecule has 1 aliphatic heterocycles. The third-order valence-electron chi connectivity index (χ3n) is 4.65. The molecule has 1 aromatic carbocycles. The van der Waals surface area contributed by atoms with Crippen molar-refractivity contribution < 1.29 is 9.53 Å². The number of thiophene rings is 1. The maximum atomic E-state index is 13.2. The summed E-state index contributed by atoms with van der Waals surface area (Å²) in [6, 6.07) is 10.6. The van der Waals surface area contributed by atoms with Crippen molar-refractivity contribution in [1.82, 2.24) is 4.90 Å². The van der Waals surface area contributed by atoms with Crippen molar-refractivity contribution in [2.75, 3.05) is 26.3 Å². The van der Waals surface area contributed by atoms with Gasteiger partial charge in [-0.2, -0.15) is 0 Å². The van der Waals surface area contributed by atoms with Gasteiger partial charge >= 0.3 is 0 Å². The number of benzene rings is 1. The van der Waals surface area contributed by atoms with Crippen LogP contribution in [0.4, 0.5) is 0 Å². The van der Waals surface area contributed by atoms with Crippen molar-refractivity contribution >= 4 is 17.2 Å². The lowest BCUT2D eigenvalue weighted by molar-refractivity contribution is -0.135. The lowest BCUT2D eigenvalue weighted by Crippen LogP contribution is -2.43. The second-order valence-corrected chi connectivity index (χ2v) is 6.87. The van der Waals surface area contributed by atoms with Crippen molar-refractivity contribution in [1.29, 1.82) is 0 Å². The number of carbonyl (C=O) groups excluding carboxylic acids is 1. The Morgan fingerprint density at radius 1 is 1.09 bits per heavy atom. The fraction of sp³-hybridized carbons (Fsp3) is 0.389. The lowest BCUT2D eigenvalue weighted by atomic mass is 9.89. The molecule has 1 aliphatic carbocycles. The highest BCUT2D eigenvalue weighted by Crippen LogP contribution is 2.38. The van der Waals surface area contributed by atoms with Gasteiger partial charge in [0.05, 0.1) is 19.1 Å². The summed E-state index contributed by atoms with van der Waals surface area (Å²) in [4.78, 5) is 16.5. The van der Waals surface area contributed by atoms with E-state index in [-0.39, 0.29) is 11.8 Å². The van der Waals surface area contributed by atoms with Crippen LogP contribution >= 0.6 is 11.3 Å². The van der Waals surface area contributed by atoms with Gasteiger partial charge < -0.3 is 9.64 Å². The number of carbonyl (C=O) groups is 1. The van der Waals surface area contributed by atoms with Gasteiger partial charge in [-0.1, -0.05) is 24.3 Å². The molecular formula is C18H19NO2S. The molecular weight excluding hydrogens is 294 g/mol. The molecule has 1 unspecified atom stereocenters. The molecule has 0 radical (unpaired) electrons. The Bertz CT molecular complexity index is 688. The Kier molecular flexibility index (Phi) is 3.72. The lowest BCUT2D eigenvalue weighted by Gasteiger charge is -2.31. The highest BCUT2D eigenvalue weighted by molar-refractivity contribution is 7.10. The molecule has 1 saturated heterocycles. The Morgan fingerprint density at radius 2 is 1.91 bits per heavy atom. The topological polar surface area (TPSA) is 29.5 Å². The Hall–Kier alpha value is -1.65. The third kappa shape index (κ3) is 2.36. The number of nitrogens with zero attached hydrogens (tertiary/aromatic N) is 1. The Balaban J connectivity index is 1.78. The van der Waals surface area contributed by atoms with Crippen LogP contribution in [0.15, 0.2) is 35.7 Å². The van der Waals surface area contributed by atoms with Crippen molar-refractivity contribution in [3.63, 3.8) is 0 Å². The zero-order valence-corrected chi connectivity index (χ0v) is 13.3. The van der Waals surface area contributed by atoms with Crippen molar-refractivity contribution in [2.24, 2.45) is 0 Å². The SMILES string of the molecule is O=C(C1c2ccccc2CCc2sccc21)N1CCOCC1. The average molecular weight is 313 g/mol. The van der Waals surface area contributed by atoms with Gasteiger partial charge in [-0.25, -0.2) is 0 Å². The second kappa shape index (κ2) is 5.86. The first kappa shape index (κ1) is 14.0. The van der Waals surface area contributed by atoms with E-state index in [4.69, 9.17) is 4.74 Å². The molecule has 4 heteroatoms. The minimum atomic E-state index is -0.141. The summed E-state index contributed by atoms with van der Waals surface area (Å²) in [7, 11) is 0.